The highest BCUT2D eigenvalue weighted by molar-refractivity contribution is 6.28. The van der Waals surface area contributed by atoms with Crippen LogP contribution in [0, 0.1) is 0 Å². The Bertz CT molecular complexity index is 467. The molecule has 9 heteroatoms. The normalized spacial score (nSPS) is 11.3. The number of alkyl halides is 3. The molecule has 0 saturated heterocycles. The maximum Gasteiger partial charge on any atom is 0.433 e. The highest BCUT2D eigenvalue weighted by Gasteiger charge is 2.34. The average Bonchev–Trinajstić information content (AvgIpc) is 2.27. The van der Waals surface area contributed by atoms with Crippen molar-refractivity contribution >= 4 is 23.3 Å². The van der Waals surface area contributed by atoms with E-state index in [-0.39, 0.29) is 18.3 Å². The summed E-state index contributed by atoms with van der Waals surface area (Å²) in [5.74, 6) is -0.396. The number of hydrogen-bond donors (Lipinski definition) is 1. The molecule has 106 valence electrons. The Morgan fingerprint density at radius 2 is 2.11 bits per heavy atom. The fourth-order valence-electron chi connectivity index (χ4n) is 1.30. The van der Waals surface area contributed by atoms with Gasteiger partial charge in [0.2, 0.25) is 11.2 Å². The van der Waals surface area contributed by atoms with Gasteiger partial charge in [0.15, 0.2) is 5.69 Å². The number of carbonyl (C=O) groups is 1. The van der Waals surface area contributed by atoms with E-state index in [0.29, 0.717) is 6.54 Å². The smallest absolute Gasteiger partial charge is 0.355 e. The lowest BCUT2D eigenvalue weighted by molar-refractivity contribution is -0.141. The predicted octanol–water partition coefficient (Wildman–Crippen LogP) is 1.72. The molecule has 0 aromatic carbocycles. The van der Waals surface area contributed by atoms with Gasteiger partial charge in [0, 0.05) is 19.7 Å². The molecule has 1 N–H and O–H groups in total. The SMILES string of the molecule is CCNC(=O)CN(C)c1cc(C(F)(F)F)nc(Cl)n1. The van der Waals surface area contributed by atoms with Crippen molar-refractivity contribution in [3.05, 3.63) is 17.0 Å². The van der Waals surface area contributed by atoms with Gasteiger partial charge < -0.3 is 10.2 Å². The zero-order valence-electron chi connectivity index (χ0n) is 10.3. The number of anilines is 1. The topological polar surface area (TPSA) is 58.1 Å². The van der Waals surface area contributed by atoms with Crippen molar-refractivity contribution in [3.8, 4) is 0 Å². The molecule has 0 radical (unpaired) electrons. The van der Waals surface area contributed by atoms with Crippen molar-refractivity contribution < 1.29 is 18.0 Å². The van der Waals surface area contributed by atoms with Crippen molar-refractivity contribution in [1.82, 2.24) is 15.3 Å². The Balaban J connectivity index is 2.94. The summed E-state index contributed by atoms with van der Waals surface area (Å²) >= 11 is 5.45. The number of amides is 1. The third-order valence-corrected chi connectivity index (χ3v) is 2.29. The summed E-state index contributed by atoms with van der Waals surface area (Å²) in [5.41, 5.74) is -1.15. The maximum absolute atomic E-state index is 12.5. The number of nitrogens with zero attached hydrogens (tertiary/aromatic N) is 3. The minimum absolute atomic E-state index is 0.0708. The molecule has 1 aromatic heterocycles. The fourth-order valence-corrected chi connectivity index (χ4v) is 1.47. The summed E-state index contributed by atoms with van der Waals surface area (Å²) in [6, 6.07) is 0.741. The molecule has 0 atom stereocenters. The third kappa shape index (κ3) is 4.55. The van der Waals surface area contributed by atoms with Crippen LogP contribution in [0.5, 0.6) is 0 Å². The van der Waals surface area contributed by atoms with Gasteiger partial charge in [-0.25, -0.2) is 9.97 Å². The van der Waals surface area contributed by atoms with Crippen LogP contribution in [-0.4, -0.2) is 36.0 Å². The van der Waals surface area contributed by atoms with Crippen LogP contribution in [0.15, 0.2) is 6.07 Å². The van der Waals surface area contributed by atoms with Crippen LogP contribution in [0.4, 0.5) is 19.0 Å². The number of halogens is 4. The second-order valence-electron chi connectivity index (χ2n) is 3.69. The molecule has 1 aromatic rings. The lowest BCUT2D eigenvalue weighted by Gasteiger charge is -2.18. The third-order valence-electron chi connectivity index (χ3n) is 2.12. The van der Waals surface area contributed by atoms with E-state index in [1.807, 2.05) is 0 Å². The molecular formula is C10H12ClF3N4O. The quantitative estimate of drug-likeness (QED) is 0.860. The van der Waals surface area contributed by atoms with E-state index in [1.54, 1.807) is 6.92 Å². The first kappa shape index (κ1) is 15.5. The zero-order chi connectivity index (χ0) is 14.6. The van der Waals surface area contributed by atoms with Gasteiger partial charge in [-0.3, -0.25) is 4.79 Å². The molecule has 1 heterocycles. The molecule has 0 aliphatic carbocycles. The van der Waals surface area contributed by atoms with Gasteiger partial charge in [-0.05, 0) is 18.5 Å². The lowest BCUT2D eigenvalue weighted by atomic mass is 10.3. The molecule has 0 fully saturated rings. The summed E-state index contributed by atoms with van der Waals surface area (Å²) < 4.78 is 37.6. The lowest BCUT2D eigenvalue weighted by Crippen LogP contribution is -2.35. The van der Waals surface area contributed by atoms with E-state index in [9.17, 15) is 18.0 Å². The van der Waals surface area contributed by atoms with E-state index in [1.165, 1.54) is 11.9 Å². The van der Waals surface area contributed by atoms with E-state index >= 15 is 0 Å². The van der Waals surface area contributed by atoms with Crippen molar-refractivity contribution in [2.24, 2.45) is 0 Å². The predicted molar refractivity (Wildman–Crippen MR) is 64.0 cm³/mol. The van der Waals surface area contributed by atoms with Gasteiger partial charge in [-0.15, -0.1) is 0 Å². The van der Waals surface area contributed by atoms with E-state index in [0.717, 1.165) is 6.07 Å². The number of likely N-dealkylation sites (N-methyl/N-ethyl adjacent to an activating group) is 2. The van der Waals surface area contributed by atoms with Crippen LogP contribution in [0.2, 0.25) is 5.28 Å². The molecule has 1 amide bonds. The second kappa shape index (κ2) is 6.05. The molecule has 0 bridgehead atoms. The van der Waals surface area contributed by atoms with Gasteiger partial charge in [0.05, 0.1) is 6.54 Å². The molecule has 0 unspecified atom stereocenters. The first-order chi connectivity index (χ1) is 8.74. The van der Waals surface area contributed by atoms with Gasteiger partial charge in [-0.2, -0.15) is 13.2 Å². The van der Waals surface area contributed by atoms with Crippen molar-refractivity contribution in [2.45, 2.75) is 13.1 Å². The number of rotatable bonds is 4. The summed E-state index contributed by atoms with van der Waals surface area (Å²) in [5, 5.41) is 2.01. The zero-order valence-corrected chi connectivity index (χ0v) is 11.0. The molecule has 5 nitrogen and oxygen atoms in total. The van der Waals surface area contributed by atoms with Crippen molar-refractivity contribution in [3.63, 3.8) is 0 Å². The molecular weight excluding hydrogens is 285 g/mol. The number of aromatic nitrogens is 2. The molecule has 0 spiro atoms. The van der Waals surface area contributed by atoms with Crippen molar-refractivity contribution in [1.29, 1.82) is 0 Å². The Hall–Kier alpha value is -1.57. The Morgan fingerprint density at radius 3 is 2.63 bits per heavy atom. The minimum Gasteiger partial charge on any atom is -0.355 e. The summed E-state index contributed by atoms with van der Waals surface area (Å²) in [4.78, 5) is 19.4. The Labute approximate surface area is 112 Å². The van der Waals surface area contributed by atoms with Crippen LogP contribution in [0.25, 0.3) is 0 Å². The molecule has 0 aliphatic heterocycles. The van der Waals surface area contributed by atoms with E-state index in [4.69, 9.17) is 11.6 Å². The number of hydrogen-bond acceptors (Lipinski definition) is 4. The number of nitrogens with one attached hydrogen (secondary N) is 1. The minimum atomic E-state index is -4.62. The summed E-state index contributed by atoms with van der Waals surface area (Å²) in [7, 11) is 1.44. The molecule has 1 rings (SSSR count). The Kier molecular flexibility index (Phi) is 4.93. The summed E-state index contributed by atoms with van der Waals surface area (Å²) in [6.45, 7) is 2.05. The first-order valence-electron chi connectivity index (χ1n) is 5.33. The number of carbonyl (C=O) groups excluding carboxylic acids is 1. The molecule has 0 aliphatic rings. The van der Waals surface area contributed by atoms with Gasteiger partial charge in [0.1, 0.15) is 5.82 Å². The van der Waals surface area contributed by atoms with Gasteiger partial charge in [-0.1, -0.05) is 0 Å². The van der Waals surface area contributed by atoms with Crippen LogP contribution in [-0.2, 0) is 11.0 Å². The Morgan fingerprint density at radius 1 is 1.47 bits per heavy atom. The average molecular weight is 297 g/mol. The van der Waals surface area contributed by atoms with Crippen molar-refractivity contribution in [2.75, 3.05) is 25.0 Å². The maximum atomic E-state index is 12.5. The first-order valence-corrected chi connectivity index (χ1v) is 5.71. The largest absolute Gasteiger partial charge is 0.433 e. The van der Waals surface area contributed by atoms with Gasteiger partial charge in [0.25, 0.3) is 0 Å². The van der Waals surface area contributed by atoms with Crippen LogP contribution >= 0.6 is 11.6 Å². The van der Waals surface area contributed by atoms with Crippen LogP contribution in [0.1, 0.15) is 12.6 Å². The van der Waals surface area contributed by atoms with Crippen LogP contribution in [0.3, 0.4) is 0 Å². The van der Waals surface area contributed by atoms with E-state index in [2.05, 4.69) is 15.3 Å². The monoisotopic (exact) mass is 296 g/mol. The highest BCUT2D eigenvalue weighted by atomic mass is 35.5. The molecule has 19 heavy (non-hydrogen) atoms. The molecule has 0 saturated carbocycles. The van der Waals surface area contributed by atoms with Gasteiger partial charge >= 0.3 is 6.18 Å². The standard InChI is InChI=1S/C10H12ClF3N4O/c1-3-15-8(19)5-18(2)7-4-6(10(12,13)14)16-9(11)17-7/h4H,3,5H2,1-2H3,(H,15,19). The van der Waals surface area contributed by atoms with Crippen LogP contribution < -0.4 is 10.2 Å². The summed E-state index contributed by atoms with van der Waals surface area (Å²) in [6.07, 6.45) is -4.62. The van der Waals surface area contributed by atoms with E-state index < -0.39 is 17.2 Å². The second-order valence-corrected chi connectivity index (χ2v) is 4.03. The highest BCUT2D eigenvalue weighted by Crippen LogP contribution is 2.30. The fraction of sp³-hybridized carbons (Fsp3) is 0.500.